The van der Waals surface area contributed by atoms with Gasteiger partial charge in [0.25, 0.3) is 0 Å². The van der Waals surface area contributed by atoms with E-state index >= 15 is 0 Å². The van der Waals surface area contributed by atoms with Crippen molar-refractivity contribution in [1.82, 2.24) is 10.6 Å². The first kappa shape index (κ1) is 22.8. The topological polar surface area (TPSA) is 114 Å². The number of nitrogens with one attached hydrogen (secondary N) is 2. The molecule has 32 heavy (non-hydrogen) atoms. The molecule has 0 spiro atoms. The number of alkyl carbamates (subject to hydrolysis) is 1. The van der Waals surface area contributed by atoms with Crippen LogP contribution in [0, 0.1) is 11.8 Å². The van der Waals surface area contributed by atoms with E-state index in [9.17, 15) is 14.4 Å². The molecule has 2 aromatic rings. The lowest BCUT2D eigenvalue weighted by atomic mass is 9.98. The third kappa shape index (κ3) is 5.86. The molecule has 0 radical (unpaired) electrons. The van der Waals surface area contributed by atoms with Gasteiger partial charge in [-0.05, 0) is 22.3 Å². The Balaban J connectivity index is 1.47. The summed E-state index contributed by atoms with van der Waals surface area (Å²) in [4.78, 5) is 34.4. The van der Waals surface area contributed by atoms with Gasteiger partial charge in [-0.1, -0.05) is 54.5 Å². The van der Waals surface area contributed by atoms with Crippen LogP contribution in [0.4, 0.5) is 4.79 Å². The van der Waals surface area contributed by atoms with Crippen molar-refractivity contribution in [1.29, 1.82) is 0 Å². The summed E-state index contributed by atoms with van der Waals surface area (Å²) in [5, 5.41) is 13.5. The molecule has 2 aromatic carbocycles. The maximum Gasteiger partial charge on any atom is 0.407 e. The van der Waals surface area contributed by atoms with Crippen molar-refractivity contribution in [3.05, 3.63) is 59.7 Å². The van der Waals surface area contributed by atoms with Gasteiger partial charge < -0.3 is 25.2 Å². The fourth-order valence-electron chi connectivity index (χ4n) is 3.63. The van der Waals surface area contributed by atoms with E-state index in [-0.39, 0.29) is 37.9 Å². The molecule has 0 saturated carbocycles. The second-order valence-electron chi connectivity index (χ2n) is 7.15. The minimum absolute atomic E-state index is 0.0189. The molecule has 1 aliphatic rings. The minimum atomic E-state index is -1.26. The highest BCUT2D eigenvalue weighted by Gasteiger charge is 2.29. The lowest BCUT2D eigenvalue weighted by Gasteiger charge is -2.17. The lowest BCUT2D eigenvalue weighted by Crippen LogP contribution is -2.37. The van der Waals surface area contributed by atoms with Gasteiger partial charge in [0, 0.05) is 25.5 Å². The van der Waals surface area contributed by atoms with Crippen LogP contribution in [-0.2, 0) is 19.1 Å². The van der Waals surface area contributed by atoms with E-state index in [1.807, 2.05) is 42.3 Å². The monoisotopic (exact) mass is 436 g/mol. The molecule has 8 nitrogen and oxygen atoms in total. The smallest absolute Gasteiger partial charge is 0.407 e. The Morgan fingerprint density at radius 2 is 1.66 bits per heavy atom. The summed E-state index contributed by atoms with van der Waals surface area (Å²) in [7, 11) is 1.43. The van der Waals surface area contributed by atoms with Gasteiger partial charge in [-0.3, -0.25) is 4.79 Å². The second kappa shape index (κ2) is 11.0. The third-order valence-corrected chi connectivity index (χ3v) is 5.13. The van der Waals surface area contributed by atoms with Gasteiger partial charge >= 0.3 is 12.1 Å². The van der Waals surface area contributed by atoms with Gasteiger partial charge in [0.2, 0.25) is 5.91 Å². The van der Waals surface area contributed by atoms with Crippen LogP contribution in [-0.4, -0.2) is 56.0 Å². The maximum absolute atomic E-state index is 12.2. The molecular formula is C24H24N2O6. The lowest BCUT2D eigenvalue weighted by molar-refractivity contribution is -0.130. The third-order valence-electron chi connectivity index (χ3n) is 5.13. The number of hydrogen-bond donors (Lipinski definition) is 3. The van der Waals surface area contributed by atoms with E-state index in [1.165, 1.54) is 7.11 Å². The molecule has 1 aliphatic carbocycles. The molecule has 0 saturated heterocycles. The highest BCUT2D eigenvalue weighted by molar-refractivity contribution is 5.86. The van der Waals surface area contributed by atoms with E-state index in [1.54, 1.807) is 0 Å². The van der Waals surface area contributed by atoms with Crippen LogP contribution in [0.25, 0.3) is 11.1 Å². The number of aliphatic carboxylic acids is 1. The number of methoxy groups -OCH3 is 1. The molecule has 166 valence electrons. The Bertz CT molecular complexity index is 1010. The van der Waals surface area contributed by atoms with Crippen LogP contribution in [0.5, 0.6) is 0 Å². The van der Waals surface area contributed by atoms with Crippen LogP contribution in [0.15, 0.2) is 48.5 Å². The molecule has 1 atom stereocenters. The highest BCUT2D eigenvalue weighted by Crippen LogP contribution is 2.44. The number of hydrogen-bond acceptors (Lipinski definition) is 5. The average Bonchev–Trinajstić information content (AvgIpc) is 3.11. The van der Waals surface area contributed by atoms with Crippen LogP contribution in [0.1, 0.15) is 23.5 Å². The summed E-state index contributed by atoms with van der Waals surface area (Å²) in [6.45, 7) is 0.197. The van der Waals surface area contributed by atoms with Gasteiger partial charge in [-0.15, -0.1) is 0 Å². The van der Waals surface area contributed by atoms with Crippen LogP contribution in [0.3, 0.4) is 0 Å². The van der Waals surface area contributed by atoms with Crippen molar-refractivity contribution in [2.45, 2.75) is 18.4 Å². The van der Waals surface area contributed by atoms with Crippen molar-refractivity contribution >= 4 is 18.0 Å². The van der Waals surface area contributed by atoms with E-state index < -0.39 is 18.2 Å². The SMILES string of the molecule is COC(CNC(=O)OCC1c2ccccc2-c2ccccc21)CC(=O)NCC#CC(=O)O. The van der Waals surface area contributed by atoms with Crippen molar-refractivity contribution in [3.8, 4) is 23.0 Å². The Hall–Kier alpha value is -3.83. The number of ether oxygens (including phenoxy) is 2. The van der Waals surface area contributed by atoms with Crippen molar-refractivity contribution in [3.63, 3.8) is 0 Å². The standard InChI is InChI=1S/C24H24N2O6/c1-31-16(13-22(27)25-12-6-11-23(28)29)14-26-24(30)32-15-21-19-9-4-2-7-17(19)18-8-3-5-10-20(18)21/h2-5,7-10,16,21H,12-15H2,1H3,(H,25,27)(H,26,30)(H,28,29). The van der Waals surface area contributed by atoms with Gasteiger partial charge in [0.15, 0.2) is 0 Å². The van der Waals surface area contributed by atoms with E-state index in [4.69, 9.17) is 14.6 Å². The van der Waals surface area contributed by atoms with Crippen LogP contribution < -0.4 is 10.6 Å². The number of carbonyl (C=O) groups excluding carboxylic acids is 2. The predicted molar refractivity (Wildman–Crippen MR) is 117 cm³/mol. The molecule has 0 aromatic heterocycles. The maximum atomic E-state index is 12.2. The average molecular weight is 436 g/mol. The second-order valence-corrected chi connectivity index (χ2v) is 7.15. The Kier molecular flexibility index (Phi) is 7.84. The molecule has 0 heterocycles. The zero-order valence-electron chi connectivity index (χ0n) is 17.6. The Morgan fingerprint density at radius 3 is 2.25 bits per heavy atom. The van der Waals surface area contributed by atoms with Crippen molar-refractivity contribution < 1.29 is 29.0 Å². The number of carboxylic acid groups (broad SMARTS) is 1. The molecule has 3 N–H and O–H groups in total. The number of carbonyl (C=O) groups is 3. The summed E-state index contributed by atoms with van der Waals surface area (Å²) in [6.07, 6.45) is -1.18. The molecule has 0 fully saturated rings. The highest BCUT2D eigenvalue weighted by atomic mass is 16.5. The normalized spacial score (nSPS) is 12.5. The quantitative estimate of drug-likeness (QED) is 0.547. The predicted octanol–water partition coefficient (Wildman–Crippen LogP) is 2.13. The molecule has 1 unspecified atom stereocenters. The van der Waals surface area contributed by atoms with E-state index in [0.717, 1.165) is 22.3 Å². The van der Waals surface area contributed by atoms with Crippen molar-refractivity contribution in [2.75, 3.05) is 26.8 Å². The van der Waals surface area contributed by atoms with Gasteiger partial charge in [0.05, 0.1) is 19.1 Å². The van der Waals surface area contributed by atoms with E-state index in [0.29, 0.717) is 0 Å². The molecule has 8 heteroatoms. The number of rotatable bonds is 8. The zero-order chi connectivity index (χ0) is 22.9. The fourth-order valence-corrected chi connectivity index (χ4v) is 3.63. The number of benzene rings is 2. The zero-order valence-corrected chi connectivity index (χ0v) is 17.6. The van der Waals surface area contributed by atoms with Crippen molar-refractivity contribution in [2.24, 2.45) is 0 Å². The molecular weight excluding hydrogens is 412 g/mol. The van der Waals surface area contributed by atoms with E-state index in [2.05, 4.69) is 28.7 Å². The fraction of sp³-hybridized carbons (Fsp3) is 0.292. The van der Waals surface area contributed by atoms with Gasteiger partial charge in [-0.2, -0.15) is 0 Å². The summed E-state index contributed by atoms with van der Waals surface area (Å²) in [5.41, 5.74) is 4.55. The minimum Gasteiger partial charge on any atom is -0.472 e. The summed E-state index contributed by atoms with van der Waals surface area (Å²) in [5.74, 6) is 2.54. The Morgan fingerprint density at radius 1 is 1.03 bits per heavy atom. The van der Waals surface area contributed by atoms with Crippen LogP contribution in [0.2, 0.25) is 0 Å². The first-order chi connectivity index (χ1) is 15.5. The first-order valence-corrected chi connectivity index (χ1v) is 10.1. The molecule has 2 amide bonds. The first-order valence-electron chi connectivity index (χ1n) is 10.1. The summed E-state index contributed by atoms with van der Waals surface area (Å²) >= 11 is 0. The summed E-state index contributed by atoms with van der Waals surface area (Å²) < 4.78 is 10.7. The van der Waals surface area contributed by atoms with Gasteiger partial charge in [-0.25, -0.2) is 9.59 Å². The molecule has 0 aliphatic heterocycles. The number of amides is 2. The van der Waals surface area contributed by atoms with Gasteiger partial charge in [0.1, 0.15) is 6.61 Å². The Labute approximate surface area is 185 Å². The molecule has 3 rings (SSSR count). The number of carboxylic acids is 1. The summed E-state index contributed by atoms with van der Waals surface area (Å²) in [6, 6.07) is 16.1. The largest absolute Gasteiger partial charge is 0.472 e. The number of fused-ring (bicyclic) bond motifs is 3. The van der Waals surface area contributed by atoms with Crippen LogP contribution >= 0.6 is 0 Å². The molecule has 0 bridgehead atoms.